The molecule has 2 heteroatoms. The molecule has 16 heavy (non-hydrogen) atoms. The van der Waals surface area contributed by atoms with E-state index in [2.05, 4.69) is 6.58 Å². The normalized spacial score (nSPS) is 12.2. The third-order valence-electron chi connectivity index (χ3n) is 2.56. The van der Waals surface area contributed by atoms with Gasteiger partial charge in [-0.05, 0) is 11.3 Å². The van der Waals surface area contributed by atoms with Crippen molar-refractivity contribution in [2.75, 3.05) is 5.73 Å². The van der Waals surface area contributed by atoms with Crippen LogP contribution in [0.4, 0.5) is 5.69 Å². The minimum atomic E-state index is 0.670. The summed E-state index contributed by atoms with van der Waals surface area (Å²) < 4.78 is 0. The van der Waals surface area contributed by atoms with Crippen molar-refractivity contribution in [2.45, 2.75) is 0 Å². The summed E-state index contributed by atoms with van der Waals surface area (Å²) in [6, 6.07) is 15.3. The quantitative estimate of drug-likeness (QED) is 0.684. The zero-order chi connectivity index (χ0) is 11.5. The van der Waals surface area contributed by atoms with E-state index < -0.39 is 0 Å². The van der Waals surface area contributed by atoms with Crippen LogP contribution in [-0.2, 0) is 0 Å². The monoisotopic (exact) mass is 210 g/mol. The first-order valence-corrected chi connectivity index (χ1v) is 5.09. The number of hydrogen-bond acceptors (Lipinski definition) is 2. The number of rotatable bonds is 1. The van der Waals surface area contributed by atoms with Crippen molar-refractivity contribution in [3.63, 3.8) is 0 Å². The predicted octanol–water partition coefficient (Wildman–Crippen LogP) is 0.794. The van der Waals surface area contributed by atoms with Crippen LogP contribution in [0.3, 0.4) is 0 Å². The van der Waals surface area contributed by atoms with E-state index in [1.165, 1.54) is 0 Å². The van der Waals surface area contributed by atoms with E-state index in [-0.39, 0.29) is 0 Å². The molecule has 0 aliphatic carbocycles. The number of benzene rings is 2. The van der Waals surface area contributed by atoms with Crippen LogP contribution in [-0.4, -0.2) is 0 Å². The van der Waals surface area contributed by atoms with Crippen LogP contribution in [0, 0.1) is 0 Å². The van der Waals surface area contributed by atoms with Gasteiger partial charge in [-0.25, -0.2) is 0 Å². The zero-order valence-electron chi connectivity index (χ0n) is 8.98. The molecule has 0 atom stereocenters. The number of hydrogen-bond donors (Lipinski definition) is 2. The summed E-state index contributed by atoms with van der Waals surface area (Å²) in [6.45, 7) is 3.96. The lowest BCUT2D eigenvalue weighted by Crippen LogP contribution is -2.28. The van der Waals surface area contributed by atoms with Crippen LogP contribution in [0.15, 0.2) is 48.5 Å². The van der Waals surface area contributed by atoms with E-state index in [1.807, 2.05) is 48.5 Å². The fraction of sp³-hybridized carbons (Fsp3) is 0. The molecule has 0 spiro atoms. The lowest BCUT2D eigenvalue weighted by atomic mass is 10.1. The second kappa shape index (κ2) is 4.11. The Morgan fingerprint density at radius 1 is 0.938 bits per heavy atom. The average Bonchev–Trinajstić information content (AvgIpc) is 2.29. The van der Waals surface area contributed by atoms with Crippen LogP contribution in [0.25, 0.3) is 12.3 Å². The number of para-hydroxylation sites is 1. The molecule has 0 aliphatic rings. The van der Waals surface area contributed by atoms with Gasteiger partial charge in [0.25, 0.3) is 0 Å². The maximum atomic E-state index is 6.11. The smallest absolute Gasteiger partial charge is 0.0487 e. The standard InChI is InChI=1S/C14H14N2/c1-10-6-2-3-7-11(10)14(16)12-8-4-5-9-13(12)15/h2-9H,1,15-16H2/b14-11+. The maximum Gasteiger partial charge on any atom is 0.0487 e. The van der Waals surface area contributed by atoms with Gasteiger partial charge < -0.3 is 11.5 Å². The topological polar surface area (TPSA) is 52.0 Å². The van der Waals surface area contributed by atoms with Gasteiger partial charge in [0.05, 0.1) is 0 Å². The summed E-state index contributed by atoms with van der Waals surface area (Å²) in [5.41, 5.74) is 14.2. The Morgan fingerprint density at radius 2 is 1.56 bits per heavy atom. The summed E-state index contributed by atoms with van der Waals surface area (Å²) in [4.78, 5) is 0. The molecular formula is C14H14N2. The Hall–Kier alpha value is -2.22. The summed E-state index contributed by atoms with van der Waals surface area (Å²) in [5.74, 6) is 0. The Bertz CT molecular complexity index is 615. The molecule has 0 amide bonds. The molecule has 0 aromatic heterocycles. The zero-order valence-corrected chi connectivity index (χ0v) is 8.98. The van der Waals surface area contributed by atoms with E-state index >= 15 is 0 Å². The lowest BCUT2D eigenvalue weighted by Gasteiger charge is -2.05. The molecule has 0 saturated carbocycles. The SMILES string of the molecule is C=c1cccc/c1=C(\N)c1ccccc1N. The molecule has 0 aliphatic heterocycles. The Balaban J connectivity index is 2.77. The minimum Gasteiger partial charge on any atom is -0.398 e. The molecule has 2 nitrogen and oxygen atoms in total. The second-order valence-electron chi connectivity index (χ2n) is 3.66. The van der Waals surface area contributed by atoms with Gasteiger partial charge in [-0.3, -0.25) is 0 Å². The molecule has 80 valence electrons. The molecule has 2 rings (SSSR count). The fourth-order valence-corrected chi connectivity index (χ4v) is 1.67. The lowest BCUT2D eigenvalue weighted by molar-refractivity contribution is 1.41. The van der Waals surface area contributed by atoms with Crippen molar-refractivity contribution in [3.05, 3.63) is 64.5 Å². The van der Waals surface area contributed by atoms with E-state index in [4.69, 9.17) is 11.5 Å². The maximum absolute atomic E-state index is 6.11. The third kappa shape index (κ3) is 1.77. The molecule has 2 aromatic rings. The van der Waals surface area contributed by atoms with Crippen molar-refractivity contribution in [1.82, 2.24) is 0 Å². The highest BCUT2D eigenvalue weighted by Gasteiger charge is 2.01. The molecule has 0 heterocycles. The molecule has 0 saturated heterocycles. The van der Waals surface area contributed by atoms with E-state index in [9.17, 15) is 0 Å². The van der Waals surface area contributed by atoms with Gasteiger partial charge in [0.2, 0.25) is 0 Å². The third-order valence-corrected chi connectivity index (χ3v) is 2.56. The van der Waals surface area contributed by atoms with Gasteiger partial charge in [-0.2, -0.15) is 0 Å². The van der Waals surface area contributed by atoms with Crippen LogP contribution >= 0.6 is 0 Å². The van der Waals surface area contributed by atoms with E-state index in [0.717, 1.165) is 16.0 Å². The molecule has 0 unspecified atom stereocenters. The van der Waals surface area contributed by atoms with Crippen LogP contribution in [0.5, 0.6) is 0 Å². The van der Waals surface area contributed by atoms with Gasteiger partial charge in [-0.15, -0.1) is 0 Å². The van der Waals surface area contributed by atoms with Crippen LogP contribution in [0.1, 0.15) is 5.56 Å². The molecular weight excluding hydrogens is 196 g/mol. The highest BCUT2D eigenvalue weighted by atomic mass is 14.6. The van der Waals surface area contributed by atoms with E-state index in [1.54, 1.807) is 0 Å². The van der Waals surface area contributed by atoms with Gasteiger partial charge in [-0.1, -0.05) is 49.0 Å². The van der Waals surface area contributed by atoms with Crippen molar-refractivity contribution in [3.8, 4) is 0 Å². The first kappa shape index (κ1) is 10.3. The van der Waals surface area contributed by atoms with Crippen molar-refractivity contribution < 1.29 is 0 Å². The van der Waals surface area contributed by atoms with Gasteiger partial charge in [0.15, 0.2) is 0 Å². The average molecular weight is 210 g/mol. The molecule has 0 radical (unpaired) electrons. The Kier molecular flexibility index (Phi) is 2.64. The molecule has 0 bridgehead atoms. The highest BCUT2D eigenvalue weighted by Crippen LogP contribution is 2.14. The van der Waals surface area contributed by atoms with Crippen molar-refractivity contribution >= 4 is 18.0 Å². The van der Waals surface area contributed by atoms with Crippen LogP contribution in [0.2, 0.25) is 0 Å². The first-order valence-electron chi connectivity index (χ1n) is 5.09. The second-order valence-corrected chi connectivity index (χ2v) is 3.66. The number of nitrogens with two attached hydrogens (primary N) is 2. The highest BCUT2D eigenvalue weighted by molar-refractivity contribution is 5.72. The Morgan fingerprint density at radius 3 is 2.25 bits per heavy atom. The molecule has 0 fully saturated rings. The summed E-state index contributed by atoms with van der Waals surface area (Å²) in [6.07, 6.45) is 0. The van der Waals surface area contributed by atoms with Gasteiger partial charge in [0, 0.05) is 22.2 Å². The molecule has 4 N–H and O–H groups in total. The Labute approximate surface area is 94.5 Å². The predicted molar refractivity (Wildman–Crippen MR) is 68.8 cm³/mol. The van der Waals surface area contributed by atoms with Crippen LogP contribution < -0.4 is 21.9 Å². The number of nitrogen functional groups attached to an aromatic ring is 1. The minimum absolute atomic E-state index is 0.670. The summed E-state index contributed by atoms with van der Waals surface area (Å²) in [7, 11) is 0. The fourth-order valence-electron chi connectivity index (χ4n) is 1.67. The van der Waals surface area contributed by atoms with Gasteiger partial charge in [0.1, 0.15) is 0 Å². The largest absolute Gasteiger partial charge is 0.398 e. The van der Waals surface area contributed by atoms with Crippen molar-refractivity contribution in [1.29, 1.82) is 0 Å². The molecule has 2 aromatic carbocycles. The van der Waals surface area contributed by atoms with Gasteiger partial charge >= 0.3 is 0 Å². The summed E-state index contributed by atoms with van der Waals surface area (Å²) in [5, 5.41) is 1.84. The number of anilines is 1. The first-order chi connectivity index (χ1) is 7.70. The van der Waals surface area contributed by atoms with E-state index in [0.29, 0.717) is 11.4 Å². The summed E-state index contributed by atoms with van der Waals surface area (Å²) >= 11 is 0. The van der Waals surface area contributed by atoms with Crippen molar-refractivity contribution in [2.24, 2.45) is 5.73 Å².